The summed E-state index contributed by atoms with van der Waals surface area (Å²) in [4.78, 5) is 13.5. The number of amides is 1. The normalized spacial score (nSPS) is 14.5. The average Bonchev–Trinajstić information content (AvgIpc) is 3.55. The van der Waals surface area contributed by atoms with E-state index >= 15 is 0 Å². The molecule has 7 rings (SSSR count). The van der Waals surface area contributed by atoms with Crippen LogP contribution in [0.1, 0.15) is 12.6 Å². The van der Waals surface area contributed by atoms with Gasteiger partial charge in [-0.3, -0.25) is 4.79 Å². The Kier molecular flexibility index (Phi) is 7.92. The highest BCUT2D eigenvalue weighted by molar-refractivity contribution is 7.89. The van der Waals surface area contributed by atoms with E-state index in [1.165, 1.54) is 28.0 Å². The minimum atomic E-state index is -4.62. The second kappa shape index (κ2) is 12.1. The molecule has 48 heavy (non-hydrogen) atoms. The summed E-state index contributed by atoms with van der Waals surface area (Å²) in [5.74, 6) is -0.246. The van der Waals surface area contributed by atoms with Crippen molar-refractivity contribution in [3.63, 3.8) is 0 Å². The van der Waals surface area contributed by atoms with Gasteiger partial charge in [-0.1, -0.05) is 48.5 Å². The number of carbonyl (C=O) groups excluding carboxylic acids is 1. The molecule has 1 saturated heterocycles. The molecule has 0 atom stereocenters. The number of nitrogens with one attached hydrogen (secondary N) is 1. The summed E-state index contributed by atoms with van der Waals surface area (Å²) >= 11 is 0. The van der Waals surface area contributed by atoms with Gasteiger partial charge in [-0.15, -0.1) is 0 Å². The zero-order chi connectivity index (χ0) is 33.6. The molecule has 12 heteroatoms. The molecule has 0 saturated carbocycles. The van der Waals surface area contributed by atoms with Gasteiger partial charge in [0.15, 0.2) is 5.69 Å². The monoisotopic (exact) mass is 669 g/mol. The van der Waals surface area contributed by atoms with Crippen molar-refractivity contribution in [2.24, 2.45) is 0 Å². The number of rotatable bonds is 6. The Bertz CT molecular complexity index is 2260. The number of anilines is 2. The molecule has 0 aliphatic carbocycles. The highest BCUT2D eigenvalue weighted by atomic mass is 32.2. The molecular formula is C36H30F3N5O3S. The summed E-state index contributed by atoms with van der Waals surface area (Å²) in [5, 5.41) is 10.7. The Balaban J connectivity index is 1.12. The fraction of sp³-hybridized carbons (Fsp3) is 0.167. The molecule has 6 aromatic rings. The molecule has 0 unspecified atom stereocenters. The van der Waals surface area contributed by atoms with Crippen molar-refractivity contribution in [1.82, 2.24) is 14.1 Å². The van der Waals surface area contributed by atoms with Crippen LogP contribution in [0.2, 0.25) is 0 Å². The van der Waals surface area contributed by atoms with Gasteiger partial charge in [0, 0.05) is 50.0 Å². The first-order chi connectivity index (χ1) is 23.0. The van der Waals surface area contributed by atoms with Crippen molar-refractivity contribution in [2.75, 3.05) is 36.4 Å². The molecule has 1 aliphatic heterocycles. The van der Waals surface area contributed by atoms with Gasteiger partial charge in [0.05, 0.1) is 16.3 Å². The molecule has 1 aliphatic rings. The van der Waals surface area contributed by atoms with Gasteiger partial charge in [0.2, 0.25) is 15.9 Å². The predicted octanol–water partition coefficient (Wildman–Crippen LogP) is 7.33. The smallest absolute Gasteiger partial charge is 0.369 e. The molecule has 1 N–H and O–H groups in total. The van der Waals surface area contributed by atoms with Crippen LogP contribution in [-0.4, -0.2) is 54.6 Å². The third-order valence-corrected chi connectivity index (χ3v) is 10.5. The Morgan fingerprint density at radius 1 is 0.750 bits per heavy atom. The number of fused-ring (bicyclic) bond motifs is 3. The maximum absolute atomic E-state index is 13.9. The molecule has 5 aromatic carbocycles. The van der Waals surface area contributed by atoms with Crippen LogP contribution in [0, 0.1) is 0 Å². The van der Waals surface area contributed by atoms with E-state index in [1.807, 2.05) is 71.6 Å². The molecule has 0 radical (unpaired) electrons. The standard InChI is InChI=1S/C36H30F3N5O3S/c1-24(45)40-28-9-15-31(16-10-28)48(46,47)43-20-18-42(19-21-43)29-11-13-30(14-12-29)44-34(23-35(41-44)36(37,38)39)27-8-17-33-26(22-27)7-6-25-4-2-3-5-32(25)33/h2-17,22-23H,18-21H2,1H3,(H,40,45). The van der Waals surface area contributed by atoms with Gasteiger partial charge >= 0.3 is 6.18 Å². The van der Waals surface area contributed by atoms with Gasteiger partial charge < -0.3 is 10.2 Å². The molecule has 0 bridgehead atoms. The summed E-state index contributed by atoms with van der Waals surface area (Å²) in [6, 6.07) is 31.8. The van der Waals surface area contributed by atoms with Crippen LogP contribution in [0.15, 0.2) is 114 Å². The van der Waals surface area contributed by atoms with Crippen molar-refractivity contribution in [1.29, 1.82) is 0 Å². The van der Waals surface area contributed by atoms with E-state index in [2.05, 4.69) is 10.4 Å². The van der Waals surface area contributed by atoms with Crippen LogP contribution in [0.25, 0.3) is 38.5 Å². The summed E-state index contributed by atoms with van der Waals surface area (Å²) < 4.78 is 70.9. The van der Waals surface area contributed by atoms with E-state index in [9.17, 15) is 26.4 Å². The van der Waals surface area contributed by atoms with E-state index in [1.54, 1.807) is 24.3 Å². The second-order valence-electron chi connectivity index (χ2n) is 11.7. The van der Waals surface area contributed by atoms with E-state index in [0.29, 0.717) is 35.7 Å². The lowest BCUT2D eigenvalue weighted by Crippen LogP contribution is -2.48. The zero-order valence-corrected chi connectivity index (χ0v) is 26.6. The Morgan fingerprint density at radius 3 is 2.08 bits per heavy atom. The summed E-state index contributed by atoms with van der Waals surface area (Å²) in [5.41, 5.74) is 1.73. The minimum absolute atomic E-state index is 0.141. The fourth-order valence-electron chi connectivity index (χ4n) is 6.15. The number of hydrogen-bond donors (Lipinski definition) is 1. The van der Waals surface area contributed by atoms with Gasteiger partial charge in [-0.2, -0.15) is 22.6 Å². The molecule has 1 aromatic heterocycles. The highest BCUT2D eigenvalue weighted by Crippen LogP contribution is 2.36. The molecule has 1 amide bonds. The first-order valence-electron chi connectivity index (χ1n) is 15.3. The van der Waals surface area contributed by atoms with Crippen LogP contribution in [0.5, 0.6) is 0 Å². The van der Waals surface area contributed by atoms with Gasteiger partial charge in [-0.05, 0) is 82.2 Å². The molecule has 244 valence electrons. The Hall–Kier alpha value is -5.20. The van der Waals surface area contributed by atoms with Gasteiger partial charge in [-0.25, -0.2) is 13.1 Å². The maximum Gasteiger partial charge on any atom is 0.435 e. The Labute approximate surface area is 275 Å². The first-order valence-corrected chi connectivity index (χ1v) is 16.7. The number of aromatic nitrogens is 2. The van der Waals surface area contributed by atoms with Crippen LogP contribution in [0.4, 0.5) is 24.5 Å². The predicted molar refractivity (Wildman–Crippen MR) is 181 cm³/mol. The number of benzene rings is 5. The van der Waals surface area contributed by atoms with Gasteiger partial charge in [0.25, 0.3) is 0 Å². The second-order valence-corrected chi connectivity index (χ2v) is 13.6. The molecule has 1 fully saturated rings. The molecular weight excluding hydrogens is 639 g/mol. The van der Waals surface area contributed by atoms with Crippen LogP contribution >= 0.6 is 0 Å². The van der Waals surface area contributed by atoms with E-state index in [0.717, 1.165) is 33.3 Å². The summed E-state index contributed by atoms with van der Waals surface area (Å²) in [6.07, 6.45) is -4.62. The topological polar surface area (TPSA) is 87.5 Å². The van der Waals surface area contributed by atoms with Crippen molar-refractivity contribution >= 4 is 48.9 Å². The fourth-order valence-corrected chi connectivity index (χ4v) is 7.57. The molecule has 8 nitrogen and oxygen atoms in total. The number of sulfonamides is 1. The van der Waals surface area contributed by atoms with Crippen molar-refractivity contribution in [3.05, 3.63) is 115 Å². The van der Waals surface area contributed by atoms with Gasteiger partial charge in [0.1, 0.15) is 0 Å². The van der Waals surface area contributed by atoms with Crippen molar-refractivity contribution in [2.45, 2.75) is 18.0 Å². The number of hydrogen-bond acceptors (Lipinski definition) is 5. The lowest BCUT2D eigenvalue weighted by Gasteiger charge is -2.35. The SMILES string of the molecule is CC(=O)Nc1ccc(S(=O)(=O)N2CCN(c3ccc(-n4nc(C(F)(F)F)cc4-c4ccc5c(ccc6ccccc65)c4)cc3)CC2)cc1. The van der Waals surface area contributed by atoms with E-state index in [4.69, 9.17) is 0 Å². The largest absolute Gasteiger partial charge is 0.435 e. The highest BCUT2D eigenvalue weighted by Gasteiger charge is 2.35. The average molecular weight is 670 g/mol. The van der Waals surface area contributed by atoms with Crippen LogP contribution in [-0.2, 0) is 21.0 Å². The molecule has 2 heterocycles. The van der Waals surface area contributed by atoms with Crippen LogP contribution in [0.3, 0.4) is 0 Å². The summed E-state index contributed by atoms with van der Waals surface area (Å²) in [6.45, 7) is 2.75. The quantitative estimate of drug-likeness (QED) is 0.188. The minimum Gasteiger partial charge on any atom is -0.369 e. The maximum atomic E-state index is 13.9. The molecule has 0 spiro atoms. The number of halogens is 3. The third kappa shape index (κ3) is 6.00. The zero-order valence-electron chi connectivity index (χ0n) is 25.8. The van der Waals surface area contributed by atoms with E-state index in [-0.39, 0.29) is 23.9 Å². The van der Waals surface area contributed by atoms with Crippen LogP contribution < -0.4 is 10.2 Å². The van der Waals surface area contributed by atoms with Crippen molar-refractivity contribution < 1.29 is 26.4 Å². The van der Waals surface area contributed by atoms with E-state index < -0.39 is 21.9 Å². The third-order valence-electron chi connectivity index (χ3n) is 8.55. The van der Waals surface area contributed by atoms with Crippen molar-refractivity contribution in [3.8, 4) is 16.9 Å². The number of piperazine rings is 1. The number of alkyl halides is 3. The lowest BCUT2D eigenvalue weighted by molar-refractivity contribution is -0.141. The number of carbonyl (C=O) groups is 1. The Morgan fingerprint density at radius 2 is 1.40 bits per heavy atom. The lowest BCUT2D eigenvalue weighted by atomic mass is 9.99. The summed E-state index contributed by atoms with van der Waals surface area (Å²) in [7, 11) is -3.73. The first kappa shape index (κ1) is 31.4. The number of nitrogens with zero attached hydrogens (tertiary/aromatic N) is 4.